The van der Waals surface area contributed by atoms with Crippen LogP contribution >= 0.6 is 0 Å². The van der Waals surface area contributed by atoms with E-state index in [4.69, 9.17) is 20.8 Å². The van der Waals surface area contributed by atoms with Crippen molar-refractivity contribution in [2.75, 3.05) is 0 Å². The van der Waals surface area contributed by atoms with Crippen LogP contribution in [0.15, 0.2) is 23.6 Å². The Labute approximate surface area is 175 Å². The number of hydrogen-bond acceptors (Lipinski definition) is 5. The van der Waals surface area contributed by atoms with E-state index in [9.17, 15) is 0 Å². The maximum atomic E-state index is 9.03. The molecular weight excluding hydrogens is 378 g/mol. The van der Waals surface area contributed by atoms with Crippen LogP contribution in [0.1, 0.15) is 63.2 Å². The molecule has 3 aromatic rings. The zero-order valence-electron chi connectivity index (χ0n) is 17.0. The van der Waals surface area contributed by atoms with Crippen LogP contribution in [0.4, 0.5) is 0 Å². The molecule has 0 saturated heterocycles. The molecule has 3 N–H and O–H groups in total. The first-order chi connectivity index (χ1) is 14.7. The zero-order valence-corrected chi connectivity index (χ0v) is 17.0. The molecule has 0 aromatic carbocycles. The molecule has 2 saturated carbocycles. The Kier molecular flexibility index (Phi) is 5.03. The van der Waals surface area contributed by atoms with Gasteiger partial charge in [-0.1, -0.05) is 5.16 Å². The lowest BCUT2D eigenvalue weighted by atomic mass is 9.84. The van der Waals surface area contributed by atoms with Crippen LogP contribution in [-0.4, -0.2) is 25.4 Å². The van der Waals surface area contributed by atoms with E-state index in [2.05, 4.69) is 31.8 Å². The molecule has 0 bridgehead atoms. The number of rotatable bonds is 7. The van der Waals surface area contributed by atoms with E-state index in [1.165, 1.54) is 12.8 Å². The lowest BCUT2D eigenvalue weighted by Crippen LogP contribution is -2.20. The molecule has 5 rings (SSSR count). The topological polar surface area (TPSA) is 118 Å². The number of nitrogens with two attached hydrogens (primary N) is 1. The van der Waals surface area contributed by atoms with Crippen molar-refractivity contribution < 1.29 is 4.84 Å². The Morgan fingerprint density at radius 1 is 1.27 bits per heavy atom. The minimum Gasteiger partial charge on any atom is -0.386 e. The van der Waals surface area contributed by atoms with Gasteiger partial charge in [0.25, 0.3) is 0 Å². The molecule has 0 spiro atoms. The van der Waals surface area contributed by atoms with Gasteiger partial charge in [0.1, 0.15) is 17.0 Å². The summed E-state index contributed by atoms with van der Waals surface area (Å²) in [6.07, 6.45) is 11.9. The predicted octanol–water partition coefficient (Wildman–Crippen LogP) is 4.15. The number of nitriles is 1. The molecular formula is C22H27N7O. The number of aromatic amines is 1. The number of fused-ring (bicyclic) bond motifs is 3. The molecule has 0 radical (unpaired) electrons. The smallest absolute Gasteiger partial charge is 0.174 e. The van der Waals surface area contributed by atoms with E-state index in [-0.39, 0.29) is 6.61 Å². The number of hydrogen-bond donors (Lipinski definition) is 2. The highest BCUT2D eigenvalue weighted by Gasteiger charge is 2.27. The van der Waals surface area contributed by atoms with Crippen molar-refractivity contribution in [3.05, 3.63) is 24.3 Å². The average molecular weight is 406 g/mol. The van der Waals surface area contributed by atoms with E-state index >= 15 is 0 Å². The van der Waals surface area contributed by atoms with Crippen LogP contribution in [0.25, 0.3) is 22.1 Å². The van der Waals surface area contributed by atoms with Crippen molar-refractivity contribution in [3.8, 4) is 6.07 Å². The summed E-state index contributed by atoms with van der Waals surface area (Å²) in [5.74, 6) is 2.60. The Hall–Kier alpha value is -3.08. The second-order valence-electron chi connectivity index (χ2n) is 8.67. The minimum atomic E-state index is 0.282. The highest BCUT2D eigenvalue weighted by molar-refractivity contribution is 6.01. The summed E-state index contributed by atoms with van der Waals surface area (Å²) >= 11 is 0. The normalized spacial score (nSPS) is 22.4. The number of nitrogens with zero attached hydrogens (tertiary/aromatic N) is 5. The van der Waals surface area contributed by atoms with Gasteiger partial charge in [0.2, 0.25) is 0 Å². The largest absolute Gasteiger partial charge is 0.386 e. The van der Waals surface area contributed by atoms with Gasteiger partial charge in [-0.3, -0.25) is 0 Å². The van der Waals surface area contributed by atoms with E-state index < -0.39 is 0 Å². The van der Waals surface area contributed by atoms with Gasteiger partial charge in [-0.2, -0.15) is 5.26 Å². The Morgan fingerprint density at radius 2 is 2.07 bits per heavy atom. The molecule has 2 fully saturated rings. The van der Waals surface area contributed by atoms with Gasteiger partial charge in [-0.15, -0.1) is 0 Å². The third kappa shape index (κ3) is 3.72. The monoisotopic (exact) mass is 405 g/mol. The first-order valence-corrected chi connectivity index (χ1v) is 10.9. The number of amidine groups is 1. The molecule has 2 aliphatic rings. The molecule has 8 heteroatoms. The van der Waals surface area contributed by atoms with Crippen LogP contribution < -0.4 is 5.73 Å². The molecule has 3 aromatic heterocycles. The SMILES string of the molecule is N#CC[C@H]1CC[C@H](n2c(CO/N=C(\N)CC3CC3)nc3cnc4[nH]ccc4c32)CC1. The second kappa shape index (κ2) is 7.98. The van der Waals surface area contributed by atoms with Crippen LogP contribution in [-0.2, 0) is 11.4 Å². The summed E-state index contributed by atoms with van der Waals surface area (Å²) in [7, 11) is 0. The van der Waals surface area contributed by atoms with E-state index in [1.54, 1.807) is 0 Å². The maximum Gasteiger partial charge on any atom is 0.174 e. The quantitative estimate of drug-likeness (QED) is 0.348. The van der Waals surface area contributed by atoms with E-state index in [0.717, 1.165) is 60.0 Å². The van der Waals surface area contributed by atoms with Gasteiger partial charge in [-0.25, -0.2) is 9.97 Å². The lowest BCUT2D eigenvalue weighted by molar-refractivity contribution is 0.118. The van der Waals surface area contributed by atoms with Crippen LogP contribution in [0.3, 0.4) is 0 Å². The van der Waals surface area contributed by atoms with Gasteiger partial charge >= 0.3 is 0 Å². The summed E-state index contributed by atoms with van der Waals surface area (Å²) < 4.78 is 2.32. The van der Waals surface area contributed by atoms with Crippen molar-refractivity contribution >= 4 is 27.9 Å². The number of oxime groups is 1. The number of pyridine rings is 1. The van der Waals surface area contributed by atoms with Crippen molar-refractivity contribution in [1.29, 1.82) is 5.26 Å². The fourth-order valence-electron chi connectivity index (χ4n) is 4.70. The number of imidazole rings is 1. The number of H-pyrrole nitrogens is 1. The molecule has 8 nitrogen and oxygen atoms in total. The van der Waals surface area contributed by atoms with Crippen LogP contribution in [0, 0.1) is 23.2 Å². The molecule has 0 atom stereocenters. The first-order valence-electron chi connectivity index (χ1n) is 10.9. The zero-order chi connectivity index (χ0) is 20.5. The molecule has 30 heavy (non-hydrogen) atoms. The highest BCUT2D eigenvalue weighted by Crippen LogP contribution is 2.38. The fourth-order valence-corrected chi connectivity index (χ4v) is 4.70. The number of nitrogens with one attached hydrogen (secondary N) is 1. The summed E-state index contributed by atoms with van der Waals surface area (Å²) in [6.45, 7) is 0.282. The van der Waals surface area contributed by atoms with Crippen LogP contribution in [0.5, 0.6) is 0 Å². The molecule has 3 heterocycles. The van der Waals surface area contributed by atoms with Crippen molar-refractivity contribution in [2.24, 2.45) is 22.7 Å². The number of aromatic nitrogens is 4. The molecule has 156 valence electrons. The van der Waals surface area contributed by atoms with Gasteiger partial charge < -0.3 is 20.1 Å². The molecule has 0 amide bonds. The van der Waals surface area contributed by atoms with Gasteiger partial charge in [0.05, 0.1) is 17.8 Å². The van der Waals surface area contributed by atoms with E-state index in [0.29, 0.717) is 30.1 Å². The van der Waals surface area contributed by atoms with Crippen LogP contribution in [0.2, 0.25) is 0 Å². The maximum absolute atomic E-state index is 9.03. The molecule has 0 aliphatic heterocycles. The highest BCUT2D eigenvalue weighted by atomic mass is 16.6. The Morgan fingerprint density at radius 3 is 2.83 bits per heavy atom. The molecule has 0 unspecified atom stereocenters. The lowest BCUT2D eigenvalue weighted by Gasteiger charge is -2.29. The van der Waals surface area contributed by atoms with Gasteiger partial charge in [0.15, 0.2) is 12.4 Å². The molecule has 2 aliphatic carbocycles. The summed E-state index contributed by atoms with van der Waals surface area (Å²) in [4.78, 5) is 18.2. The standard InChI is InChI=1S/C22H27N7O/c23-9-7-14-3-5-16(6-4-14)29-20(13-30-28-19(24)11-15-1-2-15)27-18-12-26-22-17(21(18)29)8-10-25-22/h8,10,12,14-16H,1-7,11,13H2,(H2,24,28)(H,25,26)/t14-,16-. The Bertz CT molecular complexity index is 1110. The van der Waals surface area contributed by atoms with E-state index in [1.807, 2.05) is 12.4 Å². The Balaban J connectivity index is 1.45. The fraction of sp³-hybridized carbons (Fsp3) is 0.545. The predicted molar refractivity (Wildman–Crippen MR) is 114 cm³/mol. The average Bonchev–Trinajstić information content (AvgIpc) is 3.29. The summed E-state index contributed by atoms with van der Waals surface area (Å²) in [5.41, 5.74) is 8.82. The summed E-state index contributed by atoms with van der Waals surface area (Å²) in [6, 6.07) is 4.71. The van der Waals surface area contributed by atoms with Gasteiger partial charge in [0, 0.05) is 30.5 Å². The second-order valence-corrected chi connectivity index (χ2v) is 8.67. The van der Waals surface area contributed by atoms with Crippen molar-refractivity contribution in [1.82, 2.24) is 19.5 Å². The third-order valence-corrected chi connectivity index (χ3v) is 6.44. The first kappa shape index (κ1) is 18.9. The third-order valence-electron chi connectivity index (χ3n) is 6.44. The van der Waals surface area contributed by atoms with Crippen molar-refractivity contribution in [2.45, 2.75) is 64.0 Å². The summed E-state index contributed by atoms with van der Waals surface area (Å²) in [5, 5.41) is 14.2. The minimum absolute atomic E-state index is 0.282. The van der Waals surface area contributed by atoms with Crippen molar-refractivity contribution in [3.63, 3.8) is 0 Å². The van der Waals surface area contributed by atoms with Gasteiger partial charge in [-0.05, 0) is 56.4 Å².